The van der Waals surface area contributed by atoms with Gasteiger partial charge in [-0.1, -0.05) is 48.5 Å². The number of hydrogen-bond acceptors (Lipinski definition) is 2. The molecular weight excluding hydrogens is 304 g/mol. The van der Waals surface area contributed by atoms with Crippen molar-refractivity contribution in [3.63, 3.8) is 0 Å². The fourth-order valence-electron chi connectivity index (χ4n) is 3.13. The Morgan fingerprint density at radius 3 is 2.21 bits per heavy atom. The van der Waals surface area contributed by atoms with Gasteiger partial charge in [-0.2, -0.15) is 0 Å². The summed E-state index contributed by atoms with van der Waals surface area (Å²) in [6.07, 6.45) is 0.550. The highest BCUT2D eigenvalue weighted by atomic mass is 16.4. The van der Waals surface area contributed by atoms with Gasteiger partial charge in [-0.15, -0.1) is 0 Å². The second-order valence-electron chi connectivity index (χ2n) is 6.08. The predicted octanol–water partition coefficient (Wildman–Crippen LogP) is 3.41. The quantitative estimate of drug-likeness (QED) is 0.909. The van der Waals surface area contributed by atoms with Crippen LogP contribution >= 0.6 is 0 Å². The van der Waals surface area contributed by atoms with Gasteiger partial charge >= 0.3 is 12.0 Å². The summed E-state index contributed by atoms with van der Waals surface area (Å²) >= 11 is 0. The number of carboxylic acids is 1. The molecule has 1 aliphatic rings. The highest BCUT2D eigenvalue weighted by molar-refractivity contribution is 5.89. The zero-order valence-corrected chi connectivity index (χ0v) is 13.3. The molecule has 0 radical (unpaired) electrons. The van der Waals surface area contributed by atoms with Gasteiger partial charge in [0.15, 0.2) is 0 Å². The van der Waals surface area contributed by atoms with Crippen LogP contribution in [-0.2, 0) is 4.79 Å². The van der Waals surface area contributed by atoms with E-state index >= 15 is 0 Å². The van der Waals surface area contributed by atoms with Crippen LogP contribution in [0.25, 0.3) is 0 Å². The topological polar surface area (TPSA) is 69.6 Å². The number of urea groups is 1. The van der Waals surface area contributed by atoms with Crippen LogP contribution in [0.15, 0.2) is 60.7 Å². The minimum Gasteiger partial charge on any atom is -0.481 e. The lowest BCUT2D eigenvalue weighted by Crippen LogP contribution is -2.47. The Balaban J connectivity index is 1.76. The van der Waals surface area contributed by atoms with E-state index in [0.717, 1.165) is 5.56 Å². The third-order valence-electron chi connectivity index (χ3n) is 4.38. The molecule has 1 saturated heterocycles. The number of nitrogens with one attached hydrogen (secondary N) is 1. The average Bonchev–Trinajstić information content (AvgIpc) is 2.63. The second kappa shape index (κ2) is 7.17. The molecule has 1 heterocycles. The van der Waals surface area contributed by atoms with Crippen LogP contribution in [0.4, 0.5) is 10.5 Å². The van der Waals surface area contributed by atoms with E-state index in [1.54, 1.807) is 4.90 Å². The van der Waals surface area contributed by atoms with Gasteiger partial charge in [-0.05, 0) is 24.1 Å². The van der Waals surface area contributed by atoms with Crippen molar-refractivity contribution in [2.24, 2.45) is 5.92 Å². The van der Waals surface area contributed by atoms with Gasteiger partial charge in [0.25, 0.3) is 0 Å². The lowest BCUT2D eigenvalue weighted by atomic mass is 9.84. The first kappa shape index (κ1) is 16.1. The van der Waals surface area contributed by atoms with Gasteiger partial charge < -0.3 is 15.3 Å². The first-order chi connectivity index (χ1) is 11.6. The van der Waals surface area contributed by atoms with Gasteiger partial charge in [0, 0.05) is 24.7 Å². The summed E-state index contributed by atoms with van der Waals surface area (Å²) in [6, 6.07) is 18.7. The number of benzene rings is 2. The summed E-state index contributed by atoms with van der Waals surface area (Å²) in [5.74, 6) is -1.37. The number of aliphatic carboxylic acids is 1. The Hall–Kier alpha value is -2.82. The monoisotopic (exact) mass is 324 g/mol. The third kappa shape index (κ3) is 3.74. The van der Waals surface area contributed by atoms with Gasteiger partial charge in [-0.25, -0.2) is 4.79 Å². The number of rotatable bonds is 3. The molecule has 1 fully saturated rings. The SMILES string of the molecule is O=C(O)C1CC(c2ccccc2)CN(C(=O)Nc2ccccc2)C1. The summed E-state index contributed by atoms with van der Waals surface area (Å²) in [7, 11) is 0. The molecule has 5 nitrogen and oxygen atoms in total. The first-order valence-corrected chi connectivity index (χ1v) is 8.02. The highest BCUT2D eigenvalue weighted by Gasteiger charge is 2.34. The standard InChI is InChI=1S/C19H20N2O3/c22-18(23)16-11-15(14-7-3-1-4-8-14)12-21(13-16)19(24)20-17-9-5-2-6-10-17/h1-10,15-16H,11-13H2,(H,20,24)(H,22,23). The van der Waals surface area contributed by atoms with E-state index in [-0.39, 0.29) is 18.5 Å². The van der Waals surface area contributed by atoms with E-state index in [4.69, 9.17) is 0 Å². The Labute approximate surface area is 140 Å². The summed E-state index contributed by atoms with van der Waals surface area (Å²) in [5, 5.41) is 12.3. The molecule has 124 valence electrons. The molecule has 24 heavy (non-hydrogen) atoms. The molecule has 2 atom stereocenters. The summed E-state index contributed by atoms with van der Waals surface area (Å²) in [4.78, 5) is 25.6. The van der Waals surface area contributed by atoms with E-state index in [0.29, 0.717) is 18.7 Å². The summed E-state index contributed by atoms with van der Waals surface area (Å²) in [6.45, 7) is 0.754. The van der Waals surface area contributed by atoms with Crippen molar-refractivity contribution in [1.82, 2.24) is 4.90 Å². The van der Waals surface area contributed by atoms with Crippen molar-refractivity contribution in [1.29, 1.82) is 0 Å². The zero-order valence-electron chi connectivity index (χ0n) is 13.3. The molecule has 0 aromatic heterocycles. The summed E-state index contributed by atoms with van der Waals surface area (Å²) < 4.78 is 0. The Kier molecular flexibility index (Phi) is 4.79. The minimum absolute atomic E-state index is 0.0302. The van der Waals surface area contributed by atoms with Crippen LogP contribution in [0.1, 0.15) is 17.9 Å². The molecule has 2 N–H and O–H groups in total. The van der Waals surface area contributed by atoms with Crippen molar-refractivity contribution < 1.29 is 14.7 Å². The smallest absolute Gasteiger partial charge is 0.321 e. The number of carbonyl (C=O) groups excluding carboxylic acids is 1. The average molecular weight is 324 g/mol. The number of amides is 2. The Bertz CT molecular complexity index is 703. The van der Waals surface area contributed by atoms with Gasteiger partial charge in [-0.3, -0.25) is 4.79 Å². The Morgan fingerprint density at radius 1 is 0.958 bits per heavy atom. The molecular formula is C19H20N2O3. The van der Waals surface area contributed by atoms with Crippen LogP contribution in [0.2, 0.25) is 0 Å². The second-order valence-corrected chi connectivity index (χ2v) is 6.08. The molecule has 0 saturated carbocycles. The van der Waals surface area contributed by atoms with E-state index < -0.39 is 11.9 Å². The summed E-state index contributed by atoms with van der Waals surface area (Å²) in [5.41, 5.74) is 1.78. The van der Waals surface area contributed by atoms with Crippen LogP contribution in [-0.4, -0.2) is 35.1 Å². The lowest BCUT2D eigenvalue weighted by molar-refractivity contribution is -0.143. The van der Waals surface area contributed by atoms with Crippen molar-refractivity contribution in [3.8, 4) is 0 Å². The molecule has 2 unspecified atom stereocenters. The maximum Gasteiger partial charge on any atom is 0.321 e. The van der Waals surface area contributed by atoms with E-state index in [9.17, 15) is 14.7 Å². The van der Waals surface area contributed by atoms with Crippen molar-refractivity contribution in [2.45, 2.75) is 12.3 Å². The first-order valence-electron chi connectivity index (χ1n) is 8.02. The van der Waals surface area contributed by atoms with Gasteiger partial charge in [0.05, 0.1) is 5.92 Å². The predicted molar refractivity (Wildman–Crippen MR) is 92.0 cm³/mol. The number of carbonyl (C=O) groups is 2. The number of likely N-dealkylation sites (tertiary alicyclic amines) is 1. The molecule has 2 aromatic rings. The van der Waals surface area contributed by atoms with Gasteiger partial charge in [0.2, 0.25) is 0 Å². The van der Waals surface area contributed by atoms with E-state index in [1.807, 2.05) is 60.7 Å². The van der Waals surface area contributed by atoms with Crippen LogP contribution in [0.5, 0.6) is 0 Å². The number of para-hydroxylation sites is 1. The normalized spacial score (nSPS) is 20.4. The third-order valence-corrected chi connectivity index (χ3v) is 4.38. The van der Waals surface area contributed by atoms with Crippen LogP contribution in [0.3, 0.4) is 0 Å². The van der Waals surface area contributed by atoms with Crippen LogP contribution < -0.4 is 5.32 Å². The zero-order chi connectivity index (χ0) is 16.9. The molecule has 1 aliphatic heterocycles. The molecule has 5 heteroatoms. The fourth-order valence-corrected chi connectivity index (χ4v) is 3.13. The highest BCUT2D eigenvalue weighted by Crippen LogP contribution is 2.30. The molecule has 0 aliphatic carbocycles. The maximum absolute atomic E-state index is 12.5. The van der Waals surface area contributed by atoms with Crippen molar-refractivity contribution in [3.05, 3.63) is 66.2 Å². The number of carboxylic acid groups (broad SMARTS) is 1. The lowest BCUT2D eigenvalue weighted by Gasteiger charge is -2.36. The van der Waals surface area contributed by atoms with Crippen molar-refractivity contribution >= 4 is 17.7 Å². The van der Waals surface area contributed by atoms with E-state index in [1.165, 1.54) is 0 Å². The van der Waals surface area contributed by atoms with Gasteiger partial charge in [0.1, 0.15) is 0 Å². The molecule has 0 bridgehead atoms. The number of hydrogen-bond donors (Lipinski definition) is 2. The molecule has 2 amide bonds. The van der Waals surface area contributed by atoms with Crippen molar-refractivity contribution in [2.75, 3.05) is 18.4 Å². The van der Waals surface area contributed by atoms with E-state index in [2.05, 4.69) is 5.32 Å². The number of anilines is 1. The molecule has 0 spiro atoms. The largest absolute Gasteiger partial charge is 0.481 e. The minimum atomic E-state index is -0.854. The Morgan fingerprint density at radius 2 is 1.58 bits per heavy atom. The molecule has 2 aromatic carbocycles. The maximum atomic E-state index is 12.5. The fraction of sp³-hybridized carbons (Fsp3) is 0.263. The number of piperidine rings is 1. The number of nitrogens with zero attached hydrogens (tertiary/aromatic N) is 1. The van der Waals surface area contributed by atoms with Crippen LogP contribution in [0, 0.1) is 5.92 Å². The molecule has 3 rings (SSSR count).